The van der Waals surface area contributed by atoms with Crippen LogP contribution in [-0.4, -0.2) is 24.6 Å². The minimum absolute atomic E-state index is 0.176. The van der Waals surface area contributed by atoms with Crippen LogP contribution in [0.2, 0.25) is 0 Å². The molecule has 7 rings (SSSR count). The SMILES string of the molecule is COc1cc(F)ccc1[PH+](C1CCCC1)C1CCCC1.Cc1cc(C)c([B-](c2c(C)cc(C)cc2C)(c2c(C)cc(C)cc2C)c2c(C)cc(C)cc2C)c(C)c1. The topological polar surface area (TPSA) is 9.23 Å². The van der Waals surface area contributed by atoms with E-state index in [1.54, 1.807) is 19.2 Å². The van der Waals surface area contributed by atoms with Crippen LogP contribution in [0, 0.1) is 88.9 Å². The molecule has 57 heavy (non-hydrogen) atoms. The molecule has 0 saturated heterocycles. The molecule has 5 aromatic carbocycles. The maximum atomic E-state index is 13.5. The Kier molecular flexibility index (Phi) is 13.3. The van der Waals surface area contributed by atoms with Crippen molar-refractivity contribution in [3.05, 3.63) is 139 Å². The standard InChI is InChI=1S/C36H44B.C17H24FOP/c1-21-13-25(5)33(26(6)14-21)37(34-27(7)15-22(2)16-28(34)8,35-29(9)17-23(3)18-30(35)10)36-31(11)19-24(4)20-32(36)12;1-19-16-12-13(18)10-11-17(16)20(14-6-2-3-7-14)15-8-4-5-9-15/h13-20H,1-12H3;10-12,14-15H,2-9H2,1H3/q-1;/p+1. The van der Waals surface area contributed by atoms with E-state index in [9.17, 15) is 4.39 Å². The van der Waals surface area contributed by atoms with Gasteiger partial charge in [-0.15, -0.1) is 0 Å². The lowest BCUT2D eigenvalue weighted by atomic mass is 9.10. The first-order valence-corrected chi connectivity index (χ1v) is 23.4. The van der Waals surface area contributed by atoms with E-state index in [0.717, 1.165) is 17.1 Å². The zero-order valence-corrected chi connectivity index (χ0v) is 38.5. The molecule has 2 fully saturated rings. The second kappa shape index (κ2) is 17.7. The average Bonchev–Trinajstić information content (AvgIpc) is 3.83. The molecule has 0 radical (unpaired) electrons. The first-order chi connectivity index (χ1) is 27.1. The fourth-order valence-electron chi connectivity index (χ4n) is 12.5. The normalized spacial score (nSPS) is 15.0. The first-order valence-electron chi connectivity index (χ1n) is 21.8. The van der Waals surface area contributed by atoms with Crippen molar-refractivity contribution in [3.63, 3.8) is 0 Å². The van der Waals surface area contributed by atoms with Crippen molar-refractivity contribution in [3.8, 4) is 5.75 Å². The maximum Gasteiger partial charge on any atom is 0.163 e. The molecule has 0 atom stereocenters. The van der Waals surface area contributed by atoms with Crippen LogP contribution in [0.5, 0.6) is 5.75 Å². The van der Waals surface area contributed by atoms with E-state index in [4.69, 9.17) is 4.74 Å². The molecule has 1 nitrogen and oxygen atoms in total. The van der Waals surface area contributed by atoms with Gasteiger partial charge in [0.05, 0.1) is 18.4 Å². The Morgan fingerprint density at radius 1 is 0.456 bits per heavy atom. The van der Waals surface area contributed by atoms with Crippen molar-refractivity contribution in [2.24, 2.45) is 0 Å². The zero-order valence-electron chi connectivity index (χ0n) is 37.5. The molecule has 2 saturated carbocycles. The van der Waals surface area contributed by atoms with Crippen LogP contribution in [0.15, 0.2) is 66.7 Å². The summed E-state index contributed by atoms with van der Waals surface area (Å²) in [6.45, 7) is 27.6. The van der Waals surface area contributed by atoms with Crippen LogP contribution in [0.1, 0.15) is 118 Å². The Morgan fingerprint density at radius 2 is 0.737 bits per heavy atom. The van der Waals surface area contributed by atoms with Gasteiger partial charge < -0.3 is 4.74 Å². The zero-order chi connectivity index (χ0) is 41.3. The summed E-state index contributed by atoms with van der Waals surface area (Å²) in [7, 11) is 1.05. The molecule has 0 N–H and O–H groups in total. The number of hydrogen-bond donors (Lipinski definition) is 0. The van der Waals surface area contributed by atoms with E-state index in [0.29, 0.717) is 0 Å². The van der Waals surface area contributed by atoms with Crippen molar-refractivity contribution in [1.29, 1.82) is 0 Å². The van der Waals surface area contributed by atoms with E-state index < -0.39 is 14.1 Å². The number of methoxy groups -OCH3 is 1. The van der Waals surface area contributed by atoms with Crippen molar-refractivity contribution in [1.82, 2.24) is 0 Å². The lowest BCUT2D eigenvalue weighted by molar-refractivity contribution is 0.414. The Hall–Kier alpha value is -3.68. The quantitative estimate of drug-likeness (QED) is 0.113. The first kappa shape index (κ1) is 42.9. The van der Waals surface area contributed by atoms with Crippen molar-refractivity contribution in [2.75, 3.05) is 7.11 Å². The van der Waals surface area contributed by atoms with E-state index in [2.05, 4.69) is 132 Å². The highest BCUT2D eigenvalue weighted by Crippen LogP contribution is 2.57. The molecular weight excluding hydrogens is 713 g/mol. The predicted octanol–water partition coefficient (Wildman–Crippen LogP) is 11.3. The molecule has 0 bridgehead atoms. The van der Waals surface area contributed by atoms with Gasteiger partial charge in [0.2, 0.25) is 0 Å². The van der Waals surface area contributed by atoms with Gasteiger partial charge in [0.1, 0.15) is 17.3 Å². The van der Waals surface area contributed by atoms with E-state index in [1.165, 1.54) is 145 Å². The number of halogens is 1. The Morgan fingerprint density at radius 3 is 1.00 bits per heavy atom. The largest absolute Gasteiger partial charge is 0.493 e. The Labute approximate surface area is 346 Å². The van der Waals surface area contributed by atoms with Crippen LogP contribution in [-0.2, 0) is 0 Å². The predicted molar refractivity (Wildman–Crippen MR) is 252 cm³/mol. The van der Waals surface area contributed by atoms with Crippen LogP contribution in [0.3, 0.4) is 0 Å². The minimum Gasteiger partial charge on any atom is -0.493 e. The molecule has 2 aliphatic carbocycles. The van der Waals surface area contributed by atoms with Gasteiger partial charge in [-0.1, -0.05) is 115 Å². The smallest absolute Gasteiger partial charge is 0.163 e. The molecule has 5 aromatic rings. The summed E-state index contributed by atoms with van der Waals surface area (Å²) >= 11 is 0. The third kappa shape index (κ3) is 8.44. The minimum atomic E-state index is -1.48. The second-order valence-corrected chi connectivity index (χ2v) is 21.5. The van der Waals surface area contributed by atoms with Crippen LogP contribution < -0.4 is 31.9 Å². The molecule has 0 heterocycles. The Bertz CT molecular complexity index is 1910. The van der Waals surface area contributed by atoms with Crippen LogP contribution >= 0.6 is 7.92 Å². The van der Waals surface area contributed by atoms with Gasteiger partial charge in [-0.2, -0.15) is 21.9 Å². The summed E-state index contributed by atoms with van der Waals surface area (Å²) in [4.78, 5) is 0. The molecule has 2 aliphatic rings. The summed E-state index contributed by atoms with van der Waals surface area (Å²) in [6.07, 6.45) is 9.58. The molecule has 0 aromatic heterocycles. The van der Waals surface area contributed by atoms with Crippen LogP contribution in [0.4, 0.5) is 4.39 Å². The van der Waals surface area contributed by atoms with Crippen LogP contribution in [0.25, 0.3) is 0 Å². The number of rotatable bonds is 8. The number of aryl methyl sites for hydroxylation is 12. The molecule has 0 spiro atoms. The fourth-order valence-corrected chi connectivity index (χ4v) is 16.9. The van der Waals surface area contributed by atoms with Gasteiger partial charge in [-0.3, -0.25) is 0 Å². The highest BCUT2D eigenvalue weighted by Gasteiger charge is 2.43. The molecule has 0 unspecified atom stereocenters. The highest BCUT2D eigenvalue weighted by atomic mass is 31.1. The highest BCUT2D eigenvalue weighted by molar-refractivity contribution is 7.67. The molecule has 4 heteroatoms. The van der Waals surface area contributed by atoms with Gasteiger partial charge in [0, 0.05) is 14.0 Å². The van der Waals surface area contributed by atoms with Crippen molar-refractivity contribution < 1.29 is 9.13 Å². The average molecular weight is 783 g/mol. The summed E-state index contributed by atoms with van der Waals surface area (Å²) < 4.78 is 19.0. The molecule has 302 valence electrons. The third-order valence-corrected chi connectivity index (χ3v) is 17.7. The maximum absolute atomic E-state index is 13.5. The fraction of sp³-hybridized carbons (Fsp3) is 0.434. The summed E-state index contributed by atoms with van der Waals surface area (Å²) in [5, 5.41) is 1.36. The summed E-state index contributed by atoms with van der Waals surface area (Å²) in [5.41, 5.74) is 24.1. The lowest BCUT2D eigenvalue weighted by Gasteiger charge is -2.51. The van der Waals surface area contributed by atoms with Gasteiger partial charge in [-0.05, 0) is 147 Å². The number of hydrogen-bond acceptors (Lipinski definition) is 1. The van der Waals surface area contributed by atoms with Gasteiger partial charge in [0.25, 0.3) is 0 Å². The van der Waals surface area contributed by atoms with E-state index in [1.807, 2.05) is 6.07 Å². The summed E-state index contributed by atoms with van der Waals surface area (Å²) in [5.74, 6) is 0.627. The van der Waals surface area contributed by atoms with Gasteiger partial charge in [-0.25, -0.2) is 4.39 Å². The monoisotopic (exact) mass is 783 g/mol. The second-order valence-electron chi connectivity index (χ2n) is 18.4. The molecular formula is C53H69BFOP. The van der Waals surface area contributed by atoms with Crippen molar-refractivity contribution in [2.45, 2.75) is 146 Å². The van der Waals surface area contributed by atoms with E-state index >= 15 is 0 Å². The van der Waals surface area contributed by atoms with Gasteiger partial charge >= 0.3 is 0 Å². The van der Waals surface area contributed by atoms with Gasteiger partial charge in [0.15, 0.2) is 5.75 Å². The molecule has 0 aliphatic heterocycles. The lowest BCUT2D eigenvalue weighted by Crippen LogP contribution is -2.78. The van der Waals surface area contributed by atoms with Crippen molar-refractivity contribution >= 4 is 41.2 Å². The molecule has 0 amide bonds. The number of benzene rings is 5. The summed E-state index contributed by atoms with van der Waals surface area (Å²) in [6, 6.07) is 24.4. The third-order valence-electron chi connectivity index (χ3n) is 13.7. The Balaban J connectivity index is 0.000000230. The number of ether oxygens (including phenoxy) is 1. The van der Waals surface area contributed by atoms with E-state index in [-0.39, 0.29) is 5.82 Å².